The molecule has 0 saturated heterocycles. The van der Waals surface area contributed by atoms with E-state index >= 15 is 0 Å². The molecule has 1 heterocycles. The molecule has 1 heteroatoms. The lowest BCUT2D eigenvalue weighted by Crippen LogP contribution is -2.15. The van der Waals surface area contributed by atoms with Crippen molar-refractivity contribution < 1.29 is 0 Å². The third-order valence-electron chi connectivity index (χ3n) is 13.1. The van der Waals surface area contributed by atoms with Crippen molar-refractivity contribution in [3.63, 3.8) is 0 Å². The van der Waals surface area contributed by atoms with Gasteiger partial charge in [-0.2, -0.15) is 0 Å². The largest absolute Gasteiger partial charge is 0.140 e. The third kappa shape index (κ3) is 10.3. The van der Waals surface area contributed by atoms with Crippen LogP contribution in [-0.4, -0.2) is 0 Å². The Labute approximate surface area is 400 Å². The Kier molecular flexibility index (Phi) is 14.9. The smallest absolute Gasteiger partial charge is 0.0354 e. The van der Waals surface area contributed by atoms with Crippen molar-refractivity contribution in [3.05, 3.63) is 243 Å². The maximum atomic E-state index is 3.71. The van der Waals surface area contributed by atoms with Gasteiger partial charge >= 0.3 is 0 Å². The van der Waals surface area contributed by atoms with E-state index in [1.165, 1.54) is 120 Å². The van der Waals surface area contributed by atoms with Gasteiger partial charge in [0, 0.05) is 20.4 Å². The molecule has 0 N–H and O–H groups in total. The number of hydrogen-bond acceptors (Lipinski definition) is 1. The molecule has 0 radical (unpaired) electrons. The van der Waals surface area contributed by atoms with E-state index in [0.29, 0.717) is 0 Å². The maximum Gasteiger partial charge on any atom is 0.0354 e. The lowest BCUT2D eigenvalue weighted by molar-refractivity contribution is 0.659. The normalized spacial score (nSPS) is 12.0. The van der Waals surface area contributed by atoms with E-state index in [1.807, 2.05) is 29.6 Å². The van der Waals surface area contributed by atoms with Crippen molar-refractivity contribution in [2.75, 3.05) is 0 Å². The number of benzene rings is 8. The summed E-state index contributed by atoms with van der Waals surface area (Å²) in [5, 5.41) is 4.15. The summed E-state index contributed by atoms with van der Waals surface area (Å²) in [6.07, 6.45) is 7.05. The second-order valence-electron chi connectivity index (χ2n) is 18.5. The molecule has 0 amide bonds. The van der Waals surface area contributed by atoms with Gasteiger partial charge < -0.3 is 0 Å². The van der Waals surface area contributed by atoms with E-state index in [1.54, 1.807) is 0 Å². The molecule has 1 aliphatic carbocycles. The van der Waals surface area contributed by atoms with E-state index in [0.717, 1.165) is 6.42 Å². The molecule has 8 aromatic carbocycles. The predicted octanol–water partition coefficient (Wildman–Crippen LogP) is 19.0. The van der Waals surface area contributed by atoms with E-state index in [4.69, 9.17) is 0 Å². The maximum absolute atomic E-state index is 3.71. The van der Waals surface area contributed by atoms with Crippen LogP contribution in [0, 0.1) is 55.4 Å². The highest BCUT2D eigenvalue weighted by Crippen LogP contribution is 2.52. The lowest BCUT2D eigenvalue weighted by atomic mass is 9.81. The molecule has 0 aliphatic heterocycles. The zero-order chi connectivity index (χ0) is 47.1. The minimum absolute atomic E-state index is 0.0888. The van der Waals surface area contributed by atoms with Gasteiger partial charge in [0.25, 0.3) is 0 Å². The van der Waals surface area contributed by atoms with Crippen LogP contribution in [0.15, 0.2) is 176 Å². The first-order valence-electron chi connectivity index (χ1n) is 23.4. The fraction of sp³-hybridized carbons (Fsp3) is 0.200. The van der Waals surface area contributed by atoms with E-state index in [-0.39, 0.29) is 5.41 Å². The summed E-state index contributed by atoms with van der Waals surface area (Å²) < 4.78 is 1.37. The van der Waals surface area contributed by atoms with Crippen LogP contribution in [0.4, 0.5) is 0 Å². The molecule has 9 aromatic rings. The first-order valence-corrected chi connectivity index (χ1v) is 24.2. The van der Waals surface area contributed by atoms with Gasteiger partial charge in [-0.1, -0.05) is 219 Å². The Bertz CT molecular complexity index is 3170. The topological polar surface area (TPSA) is 0 Å². The highest BCUT2D eigenvalue weighted by molar-refractivity contribution is 7.19. The first-order chi connectivity index (χ1) is 31.7. The van der Waals surface area contributed by atoms with E-state index in [2.05, 4.69) is 240 Å². The average Bonchev–Trinajstić information content (AvgIpc) is 3.76. The minimum Gasteiger partial charge on any atom is -0.140 e. The summed E-state index contributed by atoms with van der Waals surface area (Å²) in [7, 11) is 0. The fourth-order valence-electron chi connectivity index (χ4n) is 9.36. The monoisotopic (exact) mass is 878 g/mol. The lowest BCUT2D eigenvalue weighted by Gasteiger charge is -2.22. The van der Waals surface area contributed by atoms with Crippen LogP contribution in [0.25, 0.3) is 60.3 Å². The molecule has 0 unspecified atom stereocenters. The molecule has 0 bridgehead atoms. The van der Waals surface area contributed by atoms with Crippen molar-refractivity contribution >= 4 is 38.3 Å². The van der Waals surface area contributed by atoms with Gasteiger partial charge in [-0.15, -0.1) is 11.3 Å². The summed E-state index contributed by atoms with van der Waals surface area (Å²) in [5.74, 6) is 0. The molecule has 1 aromatic heterocycles. The van der Waals surface area contributed by atoms with Crippen LogP contribution in [0.3, 0.4) is 0 Å². The number of allylic oxidation sites excluding steroid dienone is 2. The summed E-state index contributed by atoms with van der Waals surface area (Å²) >= 11 is 1.86. The Morgan fingerprint density at radius 2 is 1.11 bits per heavy atom. The molecular formula is C65H66S. The van der Waals surface area contributed by atoms with Gasteiger partial charge in [0.2, 0.25) is 0 Å². The summed E-state index contributed by atoms with van der Waals surface area (Å²) in [4.78, 5) is 1.37. The average molecular weight is 879 g/mol. The molecular weight excluding hydrogens is 813 g/mol. The van der Waals surface area contributed by atoms with Crippen LogP contribution in [0.5, 0.6) is 0 Å². The fourth-order valence-corrected chi connectivity index (χ4v) is 10.5. The Balaban J connectivity index is 0.000000133. The van der Waals surface area contributed by atoms with Gasteiger partial charge in [-0.3, -0.25) is 0 Å². The molecule has 0 atom stereocenters. The second-order valence-corrected chi connectivity index (χ2v) is 19.8. The van der Waals surface area contributed by atoms with Crippen molar-refractivity contribution in [1.82, 2.24) is 0 Å². The summed E-state index contributed by atoms with van der Waals surface area (Å²) in [6, 6.07) is 57.0. The molecule has 0 spiro atoms. The van der Waals surface area contributed by atoms with Crippen LogP contribution in [-0.2, 0) is 11.8 Å². The number of aryl methyl sites for hydroxylation is 9. The standard InChI is InChI=1S/C21H20.C17H20.C14H14S.C13H12/c1-13-9-10-17-18(11-13)21(3,4)19-12-14(2)15-7-5-6-8-16(15)20(17)19;1-5-15-9-7-13(3)11-17(15)16-10-12(2)6-8-14(16)4;1-4-5-8-12-11(3)15-13-9-6-7-10(2)14(12)13;1-11-7-9-13(10-8-11)12-5-3-2-4-6-12/h5-12H,1-4H3;6-11H,5H2,1-4H3;4-9H,1H2,2-3H3;2-10H,1H3/b;;8-5-;. The Morgan fingerprint density at radius 1 is 0.500 bits per heavy atom. The van der Waals surface area contributed by atoms with Crippen LogP contribution in [0.1, 0.15) is 86.8 Å². The molecule has 66 heavy (non-hydrogen) atoms. The highest BCUT2D eigenvalue weighted by atomic mass is 32.1. The molecule has 0 fully saturated rings. The zero-order valence-electron chi connectivity index (χ0n) is 41.1. The predicted molar refractivity (Wildman–Crippen MR) is 294 cm³/mol. The highest BCUT2D eigenvalue weighted by Gasteiger charge is 2.36. The van der Waals surface area contributed by atoms with Crippen LogP contribution in [0.2, 0.25) is 0 Å². The molecule has 1 aliphatic rings. The van der Waals surface area contributed by atoms with Gasteiger partial charge in [-0.25, -0.2) is 0 Å². The molecule has 0 nitrogen and oxygen atoms in total. The number of hydrogen-bond donors (Lipinski definition) is 0. The van der Waals surface area contributed by atoms with E-state index in [9.17, 15) is 0 Å². The Hall–Kier alpha value is -6.54. The first kappa shape index (κ1) is 47.4. The third-order valence-corrected chi connectivity index (χ3v) is 14.2. The van der Waals surface area contributed by atoms with Gasteiger partial charge in [-0.05, 0) is 151 Å². The van der Waals surface area contributed by atoms with Crippen molar-refractivity contribution in [2.24, 2.45) is 0 Å². The number of fused-ring (bicyclic) bond motifs is 6. The number of thiophene rings is 1. The van der Waals surface area contributed by atoms with Crippen molar-refractivity contribution in [1.29, 1.82) is 0 Å². The quantitative estimate of drug-likeness (QED) is 0.151. The van der Waals surface area contributed by atoms with Gasteiger partial charge in [0.15, 0.2) is 0 Å². The Morgan fingerprint density at radius 3 is 1.80 bits per heavy atom. The van der Waals surface area contributed by atoms with Crippen molar-refractivity contribution in [3.8, 4) is 33.4 Å². The molecule has 0 saturated carbocycles. The molecule has 10 rings (SSSR count). The van der Waals surface area contributed by atoms with Crippen molar-refractivity contribution in [2.45, 2.75) is 88.0 Å². The number of rotatable bonds is 5. The summed E-state index contributed by atoms with van der Waals surface area (Å²) in [5.41, 5.74) is 23.4. The molecule has 332 valence electrons. The van der Waals surface area contributed by atoms with Gasteiger partial charge in [0.05, 0.1) is 0 Å². The summed E-state index contributed by atoms with van der Waals surface area (Å²) in [6.45, 7) is 28.0. The van der Waals surface area contributed by atoms with Crippen LogP contribution < -0.4 is 0 Å². The SMILES string of the molecule is C=C/C=C\c1c(C)sc2cccc(C)c12.CCc1ccc(C)cc1-c1cc(C)ccc1C.Cc1ccc(-c2ccccc2)cc1.Cc1ccc2c(c1)C(C)(C)c1cc(C)c3ccccc3c1-2. The van der Waals surface area contributed by atoms with E-state index < -0.39 is 0 Å². The second kappa shape index (κ2) is 20.7. The van der Waals surface area contributed by atoms with Crippen LogP contribution >= 0.6 is 11.3 Å². The zero-order valence-corrected chi connectivity index (χ0v) is 41.9. The minimum atomic E-state index is 0.0888. The van der Waals surface area contributed by atoms with Gasteiger partial charge in [0.1, 0.15) is 0 Å².